The Hall–Kier alpha value is -1.15. The van der Waals surface area contributed by atoms with E-state index < -0.39 is 18.1 Å². The normalized spacial score (nSPS) is 16.1. The van der Waals surface area contributed by atoms with Gasteiger partial charge >= 0.3 is 12.1 Å². The second-order valence-electron chi connectivity index (χ2n) is 3.54. The van der Waals surface area contributed by atoms with Gasteiger partial charge in [0.25, 0.3) is 0 Å². The number of aliphatic hydroxyl groups is 1. The molecule has 0 saturated heterocycles. The molecule has 1 aromatic heterocycles. The molecule has 0 radical (unpaired) electrons. The SMILES string of the molecule is CC(Cc1noc(C(F)(F)F)n1)C(N)CO. The minimum absolute atomic E-state index is 0.0660. The van der Waals surface area contributed by atoms with E-state index in [9.17, 15) is 13.2 Å². The van der Waals surface area contributed by atoms with Crippen LogP contribution in [0.1, 0.15) is 18.6 Å². The van der Waals surface area contributed by atoms with Crippen LogP contribution in [0.4, 0.5) is 13.2 Å². The Morgan fingerprint density at radius 2 is 2.12 bits per heavy atom. The first-order chi connectivity index (χ1) is 7.34. The Morgan fingerprint density at radius 3 is 2.56 bits per heavy atom. The fourth-order valence-corrected chi connectivity index (χ4v) is 1.07. The van der Waals surface area contributed by atoms with Crippen LogP contribution in [0.3, 0.4) is 0 Å². The second kappa shape index (κ2) is 4.79. The Labute approximate surface area is 89.4 Å². The van der Waals surface area contributed by atoms with Crippen LogP contribution in [0.25, 0.3) is 0 Å². The molecule has 0 aliphatic heterocycles. The fourth-order valence-electron chi connectivity index (χ4n) is 1.07. The molecule has 0 aliphatic rings. The van der Waals surface area contributed by atoms with E-state index in [2.05, 4.69) is 14.7 Å². The molecule has 0 fully saturated rings. The van der Waals surface area contributed by atoms with E-state index in [1.54, 1.807) is 6.92 Å². The largest absolute Gasteiger partial charge is 0.471 e. The van der Waals surface area contributed by atoms with E-state index in [1.807, 2.05) is 0 Å². The monoisotopic (exact) mass is 239 g/mol. The number of hydrogen-bond donors (Lipinski definition) is 2. The summed E-state index contributed by atoms with van der Waals surface area (Å²) in [6.45, 7) is 1.44. The smallest absolute Gasteiger partial charge is 0.395 e. The summed E-state index contributed by atoms with van der Waals surface area (Å²) in [4.78, 5) is 3.20. The Morgan fingerprint density at radius 1 is 1.50 bits per heavy atom. The van der Waals surface area contributed by atoms with E-state index in [4.69, 9.17) is 10.8 Å². The zero-order valence-electron chi connectivity index (χ0n) is 8.53. The van der Waals surface area contributed by atoms with Gasteiger partial charge in [-0.3, -0.25) is 0 Å². The van der Waals surface area contributed by atoms with Crippen molar-refractivity contribution in [3.05, 3.63) is 11.7 Å². The number of aromatic nitrogens is 2. The molecule has 0 spiro atoms. The summed E-state index contributed by atoms with van der Waals surface area (Å²) in [5.41, 5.74) is 5.50. The first-order valence-corrected chi connectivity index (χ1v) is 4.60. The molecule has 0 bridgehead atoms. The van der Waals surface area contributed by atoms with Gasteiger partial charge in [-0.05, 0) is 5.92 Å². The predicted octanol–water partition coefficient (Wildman–Crippen LogP) is 0.587. The summed E-state index contributed by atoms with van der Waals surface area (Å²) in [5, 5.41) is 11.9. The highest BCUT2D eigenvalue weighted by molar-refractivity contribution is 4.92. The van der Waals surface area contributed by atoms with Crippen molar-refractivity contribution < 1.29 is 22.8 Å². The van der Waals surface area contributed by atoms with E-state index in [1.165, 1.54) is 0 Å². The van der Waals surface area contributed by atoms with Crippen LogP contribution >= 0.6 is 0 Å². The average Bonchev–Trinajstić information content (AvgIpc) is 2.64. The number of hydrogen-bond acceptors (Lipinski definition) is 5. The van der Waals surface area contributed by atoms with Crippen molar-refractivity contribution >= 4 is 0 Å². The number of nitrogens with two attached hydrogens (primary N) is 1. The third kappa shape index (κ3) is 3.17. The molecular weight excluding hydrogens is 227 g/mol. The average molecular weight is 239 g/mol. The number of halogens is 3. The van der Waals surface area contributed by atoms with Crippen molar-refractivity contribution in [3.63, 3.8) is 0 Å². The van der Waals surface area contributed by atoms with Crippen molar-refractivity contribution in [2.24, 2.45) is 11.7 Å². The topological polar surface area (TPSA) is 85.2 Å². The van der Waals surface area contributed by atoms with Crippen molar-refractivity contribution in [2.75, 3.05) is 6.61 Å². The summed E-state index contributed by atoms with van der Waals surface area (Å²) in [6.07, 6.45) is -4.51. The van der Waals surface area contributed by atoms with Gasteiger partial charge in [0.2, 0.25) is 0 Å². The molecule has 3 N–H and O–H groups in total. The Balaban J connectivity index is 2.66. The molecule has 0 aromatic carbocycles. The highest BCUT2D eigenvalue weighted by atomic mass is 19.4. The van der Waals surface area contributed by atoms with Crippen LogP contribution in [0.15, 0.2) is 4.52 Å². The number of nitrogens with zero attached hydrogens (tertiary/aromatic N) is 2. The Kier molecular flexibility index (Phi) is 3.87. The molecule has 1 aromatic rings. The maximum atomic E-state index is 12.1. The predicted molar refractivity (Wildman–Crippen MR) is 47.2 cm³/mol. The zero-order chi connectivity index (χ0) is 12.3. The van der Waals surface area contributed by atoms with Crippen molar-refractivity contribution in [1.29, 1.82) is 0 Å². The molecule has 1 rings (SSSR count). The summed E-state index contributed by atoms with van der Waals surface area (Å²) < 4.78 is 40.4. The lowest BCUT2D eigenvalue weighted by molar-refractivity contribution is -0.159. The molecule has 0 saturated carbocycles. The highest BCUT2D eigenvalue weighted by Crippen LogP contribution is 2.27. The molecule has 16 heavy (non-hydrogen) atoms. The lowest BCUT2D eigenvalue weighted by atomic mass is 10.00. The molecule has 2 atom stereocenters. The van der Waals surface area contributed by atoms with E-state index >= 15 is 0 Å². The van der Waals surface area contributed by atoms with Crippen molar-refractivity contribution in [2.45, 2.75) is 25.6 Å². The number of alkyl halides is 3. The van der Waals surface area contributed by atoms with Crippen LogP contribution in [0.2, 0.25) is 0 Å². The van der Waals surface area contributed by atoms with Gasteiger partial charge in [-0.2, -0.15) is 18.2 Å². The van der Waals surface area contributed by atoms with E-state index in [0.29, 0.717) is 0 Å². The third-order valence-corrected chi connectivity index (χ3v) is 2.16. The molecule has 0 aliphatic carbocycles. The van der Waals surface area contributed by atoms with Gasteiger partial charge in [0.15, 0.2) is 5.82 Å². The van der Waals surface area contributed by atoms with Crippen LogP contribution < -0.4 is 5.73 Å². The minimum atomic E-state index is -4.63. The van der Waals surface area contributed by atoms with Gasteiger partial charge in [-0.1, -0.05) is 12.1 Å². The fraction of sp³-hybridized carbons (Fsp3) is 0.750. The lowest BCUT2D eigenvalue weighted by Gasteiger charge is -2.14. The molecule has 2 unspecified atom stereocenters. The molecule has 5 nitrogen and oxygen atoms in total. The van der Waals surface area contributed by atoms with Crippen LogP contribution in [0, 0.1) is 5.92 Å². The summed E-state index contributed by atoms with van der Waals surface area (Å²) in [7, 11) is 0. The molecule has 1 heterocycles. The standard InChI is InChI=1S/C8H12F3N3O2/c1-4(5(12)3-15)2-6-13-7(16-14-6)8(9,10)11/h4-5,15H,2-3,12H2,1H3. The van der Waals surface area contributed by atoms with Gasteiger partial charge < -0.3 is 15.4 Å². The number of rotatable bonds is 4. The maximum Gasteiger partial charge on any atom is 0.471 e. The van der Waals surface area contributed by atoms with Gasteiger partial charge in [0.05, 0.1) is 6.61 Å². The maximum absolute atomic E-state index is 12.1. The van der Waals surface area contributed by atoms with E-state index in [-0.39, 0.29) is 24.8 Å². The highest BCUT2D eigenvalue weighted by Gasteiger charge is 2.38. The van der Waals surface area contributed by atoms with Gasteiger partial charge in [0, 0.05) is 12.5 Å². The molecule has 92 valence electrons. The molecule has 0 amide bonds. The third-order valence-electron chi connectivity index (χ3n) is 2.16. The second-order valence-corrected chi connectivity index (χ2v) is 3.54. The summed E-state index contributed by atoms with van der Waals surface area (Å²) in [6, 6.07) is -0.521. The first kappa shape index (κ1) is 12.9. The van der Waals surface area contributed by atoms with Crippen molar-refractivity contribution in [1.82, 2.24) is 10.1 Å². The number of aliphatic hydroxyl groups excluding tert-OH is 1. The summed E-state index contributed by atoms with van der Waals surface area (Å²) in [5.74, 6) is -1.67. The van der Waals surface area contributed by atoms with Crippen LogP contribution in [-0.2, 0) is 12.6 Å². The van der Waals surface area contributed by atoms with Gasteiger partial charge in [0.1, 0.15) is 0 Å². The van der Waals surface area contributed by atoms with Gasteiger partial charge in [-0.25, -0.2) is 0 Å². The minimum Gasteiger partial charge on any atom is -0.395 e. The quantitative estimate of drug-likeness (QED) is 0.803. The van der Waals surface area contributed by atoms with Crippen LogP contribution in [-0.4, -0.2) is 27.9 Å². The zero-order valence-corrected chi connectivity index (χ0v) is 8.53. The van der Waals surface area contributed by atoms with E-state index in [0.717, 1.165) is 0 Å². The first-order valence-electron chi connectivity index (χ1n) is 4.60. The lowest BCUT2D eigenvalue weighted by Crippen LogP contribution is -2.33. The molecule has 8 heteroatoms. The van der Waals surface area contributed by atoms with Crippen molar-refractivity contribution in [3.8, 4) is 0 Å². The van der Waals surface area contributed by atoms with Crippen LogP contribution in [0.5, 0.6) is 0 Å². The Bertz CT molecular complexity index is 340. The summed E-state index contributed by atoms with van der Waals surface area (Å²) >= 11 is 0. The van der Waals surface area contributed by atoms with Gasteiger partial charge in [-0.15, -0.1) is 0 Å². The molecular formula is C8H12F3N3O2.